The van der Waals surface area contributed by atoms with Gasteiger partial charge in [0.05, 0.1) is 0 Å². The average Bonchev–Trinajstić information content (AvgIpc) is 2.74. The highest BCUT2D eigenvalue weighted by Crippen LogP contribution is 2.31. The van der Waals surface area contributed by atoms with E-state index in [0.717, 1.165) is 5.92 Å². The minimum absolute atomic E-state index is 0.345. The molecule has 2 nitrogen and oxygen atoms in total. The Kier molecular flexibility index (Phi) is 4.70. The Bertz CT molecular complexity index is 319. The molecule has 1 unspecified atom stereocenters. The van der Waals surface area contributed by atoms with Gasteiger partial charge >= 0.3 is 0 Å². The molecule has 1 fully saturated rings. The number of nitrogens with two attached hydrogens (primary N) is 1. The molecule has 1 aliphatic rings. The largest absolute Gasteiger partial charge is 0.271 e. The van der Waals surface area contributed by atoms with Crippen LogP contribution in [0.3, 0.4) is 0 Å². The lowest BCUT2D eigenvalue weighted by Gasteiger charge is -2.25. The number of thiophene rings is 1. The van der Waals surface area contributed by atoms with E-state index in [1.165, 1.54) is 41.2 Å². The first kappa shape index (κ1) is 12.4. The lowest BCUT2D eigenvalue weighted by molar-refractivity contribution is 0.374. The molecule has 2 rings (SSSR count). The van der Waals surface area contributed by atoms with Gasteiger partial charge in [-0.1, -0.05) is 0 Å². The first-order chi connectivity index (χ1) is 7.79. The van der Waals surface area contributed by atoms with Gasteiger partial charge in [-0.25, -0.2) is 0 Å². The molecule has 1 aromatic heterocycles. The molecule has 90 valence electrons. The molecule has 0 bridgehead atoms. The quantitative estimate of drug-likeness (QED) is 0.642. The van der Waals surface area contributed by atoms with Crippen LogP contribution in [0.5, 0.6) is 0 Å². The van der Waals surface area contributed by atoms with E-state index in [2.05, 4.69) is 35.6 Å². The lowest BCUT2D eigenvalue weighted by atomic mass is 9.92. The van der Waals surface area contributed by atoms with Crippen LogP contribution in [-0.4, -0.2) is 11.5 Å². The molecule has 0 amide bonds. The third-order valence-electron chi connectivity index (χ3n) is 3.26. The predicted octanol–water partition coefficient (Wildman–Crippen LogP) is 3.09. The molecular weight excluding hydrogens is 236 g/mol. The third kappa shape index (κ3) is 3.23. The number of nitrogens with one attached hydrogen (secondary N) is 1. The lowest BCUT2D eigenvalue weighted by Crippen LogP contribution is -2.30. The van der Waals surface area contributed by atoms with Gasteiger partial charge in [0.1, 0.15) is 0 Å². The summed E-state index contributed by atoms with van der Waals surface area (Å²) in [6.07, 6.45) is 3.89. The van der Waals surface area contributed by atoms with Crippen molar-refractivity contribution < 1.29 is 0 Å². The third-order valence-corrected chi connectivity index (χ3v) is 5.19. The molecule has 0 aliphatic carbocycles. The number of rotatable bonds is 4. The van der Waals surface area contributed by atoms with E-state index in [9.17, 15) is 0 Å². The summed E-state index contributed by atoms with van der Waals surface area (Å²) in [6.45, 7) is 2.15. The zero-order chi connectivity index (χ0) is 11.4. The van der Waals surface area contributed by atoms with Crippen molar-refractivity contribution in [2.75, 3.05) is 11.5 Å². The molecule has 1 saturated heterocycles. The molecular formula is C12H20N2S2. The van der Waals surface area contributed by atoms with Crippen LogP contribution < -0.4 is 11.3 Å². The van der Waals surface area contributed by atoms with Crippen molar-refractivity contribution in [3.05, 3.63) is 21.9 Å². The minimum Gasteiger partial charge on any atom is -0.271 e. The molecule has 4 heteroatoms. The molecule has 0 spiro atoms. The maximum Gasteiger partial charge on any atom is 0.0471 e. The summed E-state index contributed by atoms with van der Waals surface area (Å²) in [5.74, 6) is 9.18. The molecule has 2 heterocycles. The summed E-state index contributed by atoms with van der Waals surface area (Å²) in [4.78, 5) is 1.37. The van der Waals surface area contributed by atoms with Gasteiger partial charge in [-0.15, -0.1) is 11.3 Å². The van der Waals surface area contributed by atoms with Gasteiger partial charge in [0.2, 0.25) is 0 Å². The van der Waals surface area contributed by atoms with Crippen molar-refractivity contribution >= 4 is 23.1 Å². The number of thioether (sulfide) groups is 1. The molecule has 0 saturated carbocycles. The maximum absolute atomic E-state index is 5.68. The van der Waals surface area contributed by atoms with E-state index in [4.69, 9.17) is 5.84 Å². The smallest absolute Gasteiger partial charge is 0.0471 e. The van der Waals surface area contributed by atoms with Gasteiger partial charge < -0.3 is 0 Å². The standard InChI is InChI=1S/C12H20N2S2/c1-9-6-11(8-16-9)12(14-13)7-10-2-4-15-5-3-10/h6,8,10,12,14H,2-5,7,13H2,1H3. The summed E-state index contributed by atoms with van der Waals surface area (Å²) in [5.41, 5.74) is 4.34. The highest BCUT2D eigenvalue weighted by Gasteiger charge is 2.20. The summed E-state index contributed by atoms with van der Waals surface area (Å²) < 4.78 is 0. The highest BCUT2D eigenvalue weighted by atomic mass is 32.2. The van der Waals surface area contributed by atoms with Crippen LogP contribution in [0.15, 0.2) is 11.4 Å². The number of hydrogen-bond acceptors (Lipinski definition) is 4. The fourth-order valence-corrected chi connectivity index (χ4v) is 4.22. The van der Waals surface area contributed by atoms with Gasteiger partial charge in [-0.3, -0.25) is 11.3 Å². The zero-order valence-electron chi connectivity index (χ0n) is 9.74. The molecule has 1 aliphatic heterocycles. The Morgan fingerprint density at radius 2 is 2.25 bits per heavy atom. The molecule has 0 radical (unpaired) electrons. The van der Waals surface area contributed by atoms with Crippen LogP contribution in [-0.2, 0) is 0 Å². The van der Waals surface area contributed by atoms with Crippen molar-refractivity contribution in [1.82, 2.24) is 5.43 Å². The van der Waals surface area contributed by atoms with Crippen molar-refractivity contribution in [2.24, 2.45) is 11.8 Å². The first-order valence-electron chi connectivity index (χ1n) is 5.88. The van der Waals surface area contributed by atoms with Crippen molar-refractivity contribution in [2.45, 2.75) is 32.2 Å². The van der Waals surface area contributed by atoms with Gasteiger partial charge in [0.25, 0.3) is 0 Å². The summed E-state index contributed by atoms with van der Waals surface area (Å²) in [6, 6.07) is 2.60. The van der Waals surface area contributed by atoms with Crippen LogP contribution in [0.2, 0.25) is 0 Å². The van der Waals surface area contributed by atoms with Crippen LogP contribution in [0, 0.1) is 12.8 Å². The summed E-state index contributed by atoms with van der Waals surface area (Å²) in [5, 5.41) is 2.23. The summed E-state index contributed by atoms with van der Waals surface area (Å²) >= 11 is 3.89. The Morgan fingerprint density at radius 1 is 1.50 bits per heavy atom. The second-order valence-corrected chi connectivity index (χ2v) is 6.84. The highest BCUT2D eigenvalue weighted by molar-refractivity contribution is 7.99. The number of hydrazine groups is 1. The molecule has 1 aromatic rings. The maximum atomic E-state index is 5.68. The van der Waals surface area contributed by atoms with E-state index in [-0.39, 0.29) is 0 Å². The van der Waals surface area contributed by atoms with E-state index in [1.54, 1.807) is 0 Å². The topological polar surface area (TPSA) is 38.0 Å². The monoisotopic (exact) mass is 256 g/mol. The Balaban J connectivity index is 1.94. The van der Waals surface area contributed by atoms with Gasteiger partial charge in [0.15, 0.2) is 0 Å². The molecule has 1 atom stereocenters. The fourth-order valence-electron chi connectivity index (χ4n) is 2.26. The minimum atomic E-state index is 0.345. The van der Waals surface area contributed by atoms with Crippen LogP contribution in [0.4, 0.5) is 0 Å². The Labute approximate surface area is 106 Å². The van der Waals surface area contributed by atoms with Crippen LogP contribution in [0.1, 0.15) is 35.7 Å². The molecule has 0 aromatic carbocycles. The van der Waals surface area contributed by atoms with E-state index in [0.29, 0.717) is 6.04 Å². The van der Waals surface area contributed by atoms with Gasteiger partial charge in [-0.2, -0.15) is 11.8 Å². The summed E-state index contributed by atoms with van der Waals surface area (Å²) in [7, 11) is 0. The van der Waals surface area contributed by atoms with Crippen molar-refractivity contribution in [3.8, 4) is 0 Å². The predicted molar refractivity (Wildman–Crippen MR) is 73.8 cm³/mol. The van der Waals surface area contributed by atoms with E-state index < -0.39 is 0 Å². The van der Waals surface area contributed by atoms with E-state index >= 15 is 0 Å². The van der Waals surface area contributed by atoms with Crippen molar-refractivity contribution in [3.63, 3.8) is 0 Å². The normalized spacial score (nSPS) is 19.9. The van der Waals surface area contributed by atoms with Gasteiger partial charge in [-0.05, 0) is 60.6 Å². The molecule has 16 heavy (non-hydrogen) atoms. The SMILES string of the molecule is Cc1cc(C(CC2CCSCC2)NN)cs1. The molecule has 3 N–H and O–H groups in total. The first-order valence-corrected chi connectivity index (χ1v) is 7.92. The number of aryl methyl sites for hydroxylation is 1. The van der Waals surface area contributed by atoms with Gasteiger partial charge in [0, 0.05) is 10.9 Å². The average molecular weight is 256 g/mol. The van der Waals surface area contributed by atoms with E-state index in [1.807, 2.05) is 11.3 Å². The van der Waals surface area contributed by atoms with Crippen LogP contribution in [0.25, 0.3) is 0 Å². The Hall–Kier alpha value is -0.0300. The van der Waals surface area contributed by atoms with Crippen molar-refractivity contribution in [1.29, 1.82) is 0 Å². The number of hydrogen-bond donors (Lipinski definition) is 2. The second kappa shape index (κ2) is 6.05. The zero-order valence-corrected chi connectivity index (χ0v) is 11.4. The van der Waals surface area contributed by atoms with Crippen LogP contribution >= 0.6 is 23.1 Å². The fraction of sp³-hybridized carbons (Fsp3) is 0.667. The second-order valence-electron chi connectivity index (χ2n) is 4.50. The Morgan fingerprint density at radius 3 is 2.81 bits per heavy atom.